The van der Waals surface area contributed by atoms with E-state index in [2.05, 4.69) is 15.6 Å². The number of ether oxygens (including phenoxy) is 2. The summed E-state index contributed by atoms with van der Waals surface area (Å²) in [4.78, 5) is 31.1. The largest absolute Gasteiger partial charge is 0.497 e. The van der Waals surface area contributed by atoms with Crippen LogP contribution in [-0.4, -0.2) is 36.3 Å². The smallest absolute Gasteiger partial charge is 0.255 e. The maximum Gasteiger partial charge on any atom is 0.255 e. The molecule has 190 valence electrons. The van der Waals surface area contributed by atoms with Crippen LogP contribution in [0, 0.1) is 0 Å². The summed E-state index contributed by atoms with van der Waals surface area (Å²) in [7, 11) is 3.21. The van der Waals surface area contributed by atoms with E-state index in [0.717, 1.165) is 21.9 Å². The van der Waals surface area contributed by atoms with E-state index in [4.69, 9.17) is 9.47 Å². The summed E-state index contributed by atoms with van der Waals surface area (Å²) in [5.74, 6) is 1.13. The van der Waals surface area contributed by atoms with Crippen LogP contribution in [0.1, 0.15) is 23.7 Å². The van der Waals surface area contributed by atoms with Crippen LogP contribution < -0.4 is 20.1 Å². The van der Waals surface area contributed by atoms with Gasteiger partial charge in [0.25, 0.3) is 5.91 Å². The number of anilines is 2. The van der Waals surface area contributed by atoms with E-state index >= 15 is 0 Å². The molecule has 2 N–H and O–H groups in total. The van der Waals surface area contributed by atoms with E-state index in [-0.39, 0.29) is 17.1 Å². The first kappa shape index (κ1) is 26.2. The standard InChI is InChI=1S/C28H27N3O4S2/c1-4-25(27(33)31-28-30-24(17-36-28)18-8-12-21(34-2)13-9-18)37-23-7-5-6-20(16-23)29-26(32)19-10-14-22(35-3)15-11-19/h5-17,25H,4H2,1-3H3,(H,29,32)(H,30,31,33). The van der Waals surface area contributed by atoms with Crippen LogP contribution >= 0.6 is 23.1 Å². The molecule has 3 aromatic carbocycles. The Balaban J connectivity index is 1.37. The Morgan fingerprint density at radius 1 is 0.946 bits per heavy atom. The van der Waals surface area contributed by atoms with Crippen molar-refractivity contribution < 1.29 is 19.1 Å². The van der Waals surface area contributed by atoms with Gasteiger partial charge in [0.1, 0.15) is 11.5 Å². The Morgan fingerprint density at radius 3 is 2.27 bits per heavy atom. The van der Waals surface area contributed by atoms with Crippen LogP contribution in [0.15, 0.2) is 83.1 Å². The minimum absolute atomic E-state index is 0.115. The van der Waals surface area contributed by atoms with Crippen LogP contribution in [0.2, 0.25) is 0 Å². The van der Waals surface area contributed by atoms with Crippen molar-refractivity contribution in [3.8, 4) is 22.8 Å². The van der Waals surface area contributed by atoms with Gasteiger partial charge in [-0.1, -0.05) is 13.0 Å². The van der Waals surface area contributed by atoms with Crippen LogP contribution in [-0.2, 0) is 4.79 Å². The highest BCUT2D eigenvalue weighted by molar-refractivity contribution is 8.00. The van der Waals surface area contributed by atoms with E-state index in [1.54, 1.807) is 38.5 Å². The van der Waals surface area contributed by atoms with Crippen LogP contribution in [0.25, 0.3) is 11.3 Å². The van der Waals surface area contributed by atoms with Gasteiger partial charge in [-0.25, -0.2) is 4.98 Å². The van der Waals surface area contributed by atoms with E-state index in [9.17, 15) is 9.59 Å². The van der Waals surface area contributed by atoms with E-state index in [1.165, 1.54) is 23.1 Å². The molecular formula is C28H27N3O4S2. The van der Waals surface area contributed by atoms with Gasteiger partial charge in [0.2, 0.25) is 5.91 Å². The summed E-state index contributed by atoms with van der Waals surface area (Å²) in [6.07, 6.45) is 0.635. The fourth-order valence-corrected chi connectivity index (χ4v) is 5.23. The summed E-state index contributed by atoms with van der Waals surface area (Å²) in [5, 5.41) is 8.01. The molecule has 4 aromatic rings. The van der Waals surface area contributed by atoms with Crippen LogP contribution in [0.4, 0.5) is 10.8 Å². The number of thioether (sulfide) groups is 1. The lowest BCUT2D eigenvalue weighted by molar-refractivity contribution is -0.115. The third-order valence-corrected chi connectivity index (χ3v) is 7.62. The fraction of sp³-hybridized carbons (Fsp3) is 0.179. The normalized spacial score (nSPS) is 11.4. The van der Waals surface area contributed by atoms with Crippen molar-refractivity contribution in [2.45, 2.75) is 23.5 Å². The fourth-order valence-electron chi connectivity index (χ4n) is 3.49. The van der Waals surface area contributed by atoms with Gasteiger partial charge >= 0.3 is 0 Å². The Morgan fingerprint density at radius 2 is 1.62 bits per heavy atom. The number of carbonyl (C=O) groups excluding carboxylic acids is 2. The third kappa shape index (κ3) is 6.90. The highest BCUT2D eigenvalue weighted by Gasteiger charge is 2.20. The number of amides is 2. The minimum atomic E-state index is -0.319. The molecule has 0 spiro atoms. The first-order valence-corrected chi connectivity index (χ1v) is 13.4. The Labute approximate surface area is 224 Å². The summed E-state index contributed by atoms with van der Waals surface area (Å²) in [5.41, 5.74) is 2.93. The highest BCUT2D eigenvalue weighted by atomic mass is 32.2. The van der Waals surface area contributed by atoms with Gasteiger partial charge in [-0.3, -0.25) is 9.59 Å². The predicted molar refractivity (Wildman–Crippen MR) is 150 cm³/mol. The molecule has 2 amide bonds. The molecule has 0 aliphatic carbocycles. The van der Waals surface area contributed by atoms with Crippen molar-refractivity contribution >= 4 is 45.7 Å². The Bertz CT molecular complexity index is 1350. The number of nitrogens with one attached hydrogen (secondary N) is 2. The van der Waals surface area contributed by atoms with E-state index in [0.29, 0.717) is 28.6 Å². The van der Waals surface area contributed by atoms with Crippen molar-refractivity contribution in [1.29, 1.82) is 0 Å². The third-order valence-electron chi connectivity index (χ3n) is 5.51. The summed E-state index contributed by atoms with van der Waals surface area (Å²) >= 11 is 2.84. The molecule has 0 saturated carbocycles. The van der Waals surface area contributed by atoms with Gasteiger partial charge in [0.05, 0.1) is 25.2 Å². The zero-order valence-corrected chi connectivity index (χ0v) is 22.3. The van der Waals surface area contributed by atoms with Crippen molar-refractivity contribution in [2.75, 3.05) is 24.9 Å². The molecule has 1 aromatic heterocycles. The molecule has 0 radical (unpaired) electrons. The molecule has 4 rings (SSSR count). The van der Waals surface area contributed by atoms with Crippen molar-refractivity contribution in [3.05, 3.63) is 83.7 Å². The quantitative estimate of drug-likeness (QED) is 0.224. The number of nitrogens with zero attached hydrogens (tertiary/aromatic N) is 1. The van der Waals surface area contributed by atoms with E-state index < -0.39 is 0 Å². The van der Waals surface area contributed by atoms with Crippen molar-refractivity contribution in [2.24, 2.45) is 0 Å². The van der Waals surface area contributed by atoms with Crippen molar-refractivity contribution in [1.82, 2.24) is 4.98 Å². The second kappa shape index (κ2) is 12.4. The zero-order chi connectivity index (χ0) is 26.2. The van der Waals surface area contributed by atoms with Gasteiger partial charge in [0.15, 0.2) is 5.13 Å². The van der Waals surface area contributed by atoms with Crippen molar-refractivity contribution in [3.63, 3.8) is 0 Å². The maximum atomic E-state index is 13.0. The first-order chi connectivity index (χ1) is 18.0. The average molecular weight is 534 g/mol. The maximum absolute atomic E-state index is 13.0. The molecular weight excluding hydrogens is 506 g/mol. The van der Waals surface area contributed by atoms with Gasteiger partial charge in [-0.15, -0.1) is 23.1 Å². The van der Waals surface area contributed by atoms with E-state index in [1.807, 2.05) is 60.8 Å². The number of hydrogen-bond donors (Lipinski definition) is 2. The lowest BCUT2D eigenvalue weighted by Crippen LogP contribution is -2.24. The van der Waals surface area contributed by atoms with Gasteiger partial charge in [0, 0.05) is 27.1 Å². The predicted octanol–water partition coefficient (Wildman–Crippen LogP) is 6.59. The lowest BCUT2D eigenvalue weighted by Gasteiger charge is -2.14. The minimum Gasteiger partial charge on any atom is -0.497 e. The molecule has 1 heterocycles. The Kier molecular flexibility index (Phi) is 8.81. The summed E-state index contributed by atoms with van der Waals surface area (Å²) in [6.45, 7) is 1.97. The summed E-state index contributed by atoms with van der Waals surface area (Å²) < 4.78 is 10.3. The zero-order valence-electron chi connectivity index (χ0n) is 20.7. The molecule has 0 fully saturated rings. The average Bonchev–Trinajstić information content (AvgIpc) is 3.40. The van der Waals surface area contributed by atoms with Gasteiger partial charge < -0.3 is 20.1 Å². The van der Waals surface area contributed by atoms with Crippen LogP contribution in [0.3, 0.4) is 0 Å². The molecule has 1 atom stereocenters. The van der Waals surface area contributed by atoms with Crippen LogP contribution in [0.5, 0.6) is 11.5 Å². The van der Waals surface area contributed by atoms with Gasteiger partial charge in [-0.05, 0) is 73.2 Å². The molecule has 7 nitrogen and oxygen atoms in total. The number of aromatic nitrogens is 1. The second-order valence-electron chi connectivity index (χ2n) is 7.98. The molecule has 0 saturated heterocycles. The lowest BCUT2D eigenvalue weighted by atomic mass is 10.2. The molecule has 0 bridgehead atoms. The first-order valence-electron chi connectivity index (χ1n) is 11.6. The molecule has 0 aliphatic heterocycles. The SMILES string of the molecule is CCC(Sc1cccc(NC(=O)c2ccc(OC)cc2)c1)C(=O)Nc1nc(-c2ccc(OC)cc2)cs1. The number of benzene rings is 3. The molecule has 37 heavy (non-hydrogen) atoms. The number of hydrogen-bond acceptors (Lipinski definition) is 7. The molecule has 9 heteroatoms. The monoisotopic (exact) mass is 533 g/mol. The number of thiazole rings is 1. The number of rotatable bonds is 10. The molecule has 1 unspecified atom stereocenters. The van der Waals surface area contributed by atoms with Gasteiger partial charge in [-0.2, -0.15) is 0 Å². The number of methoxy groups -OCH3 is 2. The topological polar surface area (TPSA) is 89.5 Å². The summed E-state index contributed by atoms with van der Waals surface area (Å²) in [6, 6.07) is 22.0. The highest BCUT2D eigenvalue weighted by Crippen LogP contribution is 2.30. The Hall–Kier alpha value is -3.82. The second-order valence-corrected chi connectivity index (χ2v) is 10.1. The number of carbonyl (C=O) groups is 2. The molecule has 0 aliphatic rings.